The summed E-state index contributed by atoms with van der Waals surface area (Å²) in [5, 5.41) is 0.402. The maximum atomic E-state index is 6.17. The molecule has 0 saturated heterocycles. The molecule has 4 aromatic heterocycles. The van der Waals surface area contributed by atoms with Gasteiger partial charge in [0.1, 0.15) is 16.2 Å². The first-order valence-corrected chi connectivity index (χ1v) is 8.90. The zero-order chi connectivity index (χ0) is 17.6. The van der Waals surface area contributed by atoms with Crippen LogP contribution in [0.5, 0.6) is 0 Å². The van der Waals surface area contributed by atoms with Crippen molar-refractivity contribution in [1.82, 2.24) is 19.9 Å². The van der Waals surface area contributed by atoms with Gasteiger partial charge in [0, 0.05) is 23.7 Å². The van der Waals surface area contributed by atoms with E-state index in [0.717, 1.165) is 21.7 Å². The second-order valence-corrected chi connectivity index (χ2v) is 7.50. The molecule has 0 aromatic carbocycles. The lowest BCUT2D eigenvalue weighted by Crippen LogP contribution is -2.00. The Kier molecular flexibility index (Phi) is 4.03. The van der Waals surface area contributed by atoms with Crippen LogP contribution in [0.4, 0.5) is 5.82 Å². The normalized spacial score (nSPS) is 11.2. The van der Waals surface area contributed by atoms with Gasteiger partial charge in [-0.3, -0.25) is 4.98 Å². The van der Waals surface area contributed by atoms with E-state index in [-0.39, 0.29) is 0 Å². The largest absolute Gasteiger partial charge is 0.382 e. The number of hydrogen-bond donors (Lipinski definition) is 1. The highest BCUT2D eigenvalue weighted by Gasteiger charge is 2.19. The highest BCUT2D eigenvalue weighted by Crippen LogP contribution is 2.41. The predicted octanol–water partition coefficient (Wildman–Crippen LogP) is 5.01. The molecule has 0 saturated carbocycles. The summed E-state index contributed by atoms with van der Waals surface area (Å²) in [7, 11) is 0. The fraction of sp³-hybridized carbons (Fsp3) is 0.0588. The lowest BCUT2D eigenvalue weighted by atomic mass is 10.0. The summed E-state index contributed by atoms with van der Waals surface area (Å²) in [6.07, 6.45) is 3.22. The van der Waals surface area contributed by atoms with Gasteiger partial charge in [-0.15, -0.1) is 11.3 Å². The van der Waals surface area contributed by atoms with Crippen LogP contribution in [-0.2, 0) is 0 Å². The van der Waals surface area contributed by atoms with E-state index < -0.39 is 0 Å². The third-order valence-electron chi connectivity index (χ3n) is 3.66. The van der Waals surface area contributed by atoms with E-state index in [1.165, 1.54) is 11.3 Å². The smallest absolute Gasteiger partial charge is 0.152 e. The van der Waals surface area contributed by atoms with Crippen molar-refractivity contribution in [2.45, 2.75) is 6.92 Å². The number of fused-ring (bicyclic) bond motifs is 1. The van der Waals surface area contributed by atoms with Gasteiger partial charge in [-0.05, 0) is 36.8 Å². The number of aromatic nitrogens is 4. The Morgan fingerprint density at radius 3 is 2.44 bits per heavy atom. The molecule has 4 rings (SSSR count). The lowest BCUT2D eigenvalue weighted by molar-refractivity contribution is 1.20. The van der Waals surface area contributed by atoms with Crippen LogP contribution in [-0.4, -0.2) is 19.9 Å². The molecule has 0 atom stereocenters. The average molecular weight is 388 g/mol. The van der Waals surface area contributed by atoms with Gasteiger partial charge in [-0.1, -0.05) is 23.2 Å². The summed E-state index contributed by atoms with van der Waals surface area (Å²) in [5.74, 6) is 0.322. The number of hydrogen-bond acceptors (Lipinski definition) is 6. The van der Waals surface area contributed by atoms with Crippen LogP contribution in [0.2, 0.25) is 9.49 Å². The molecule has 0 spiro atoms. The Morgan fingerprint density at radius 2 is 1.76 bits per heavy atom. The third-order valence-corrected chi connectivity index (χ3v) is 5.10. The number of halogens is 2. The van der Waals surface area contributed by atoms with Crippen LogP contribution in [0.25, 0.3) is 32.7 Å². The van der Waals surface area contributed by atoms with Gasteiger partial charge in [-0.2, -0.15) is 0 Å². The quantitative estimate of drug-likeness (QED) is 0.488. The minimum Gasteiger partial charge on any atom is -0.382 e. The van der Waals surface area contributed by atoms with Crippen LogP contribution in [0.3, 0.4) is 0 Å². The van der Waals surface area contributed by atoms with Gasteiger partial charge in [0.2, 0.25) is 0 Å². The zero-order valence-corrected chi connectivity index (χ0v) is 15.3. The molecule has 124 valence electrons. The number of nitrogen functional groups attached to an aromatic ring is 1. The van der Waals surface area contributed by atoms with Gasteiger partial charge in [-0.25, -0.2) is 15.0 Å². The summed E-state index contributed by atoms with van der Waals surface area (Å²) < 4.78 is 0.671. The molecule has 5 nitrogen and oxygen atoms in total. The Labute approximate surface area is 157 Å². The Bertz CT molecular complexity index is 1090. The fourth-order valence-electron chi connectivity index (χ4n) is 2.72. The van der Waals surface area contributed by atoms with Crippen LogP contribution in [0.1, 0.15) is 5.69 Å². The first kappa shape index (κ1) is 16.2. The van der Waals surface area contributed by atoms with Crippen molar-refractivity contribution in [3.63, 3.8) is 0 Å². The molecular weight excluding hydrogens is 377 g/mol. The van der Waals surface area contributed by atoms with E-state index in [0.29, 0.717) is 32.0 Å². The Hall–Kier alpha value is -2.28. The van der Waals surface area contributed by atoms with E-state index in [1.807, 2.05) is 25.1 Å². The summed E-state index contributed by atoms with van der Waals surface area (Å²) in [4.78, 5) is 18.5. The second kappa shape index (κ2) is 6.22. The van der Waals surface area contributed by atoms with E-state index in [1.54, 1.807) is 18.5 Å². The first-order valence-electron chi connectivity index (χ1n) is 7.33. The molecule has 0 aliphatic carbocycles. The van der Waals surface area contributed by atoms with Crippen molar-refractivity contribution in [2.75, 3.05) is 5.73 Å². The molecule has 0 fully saturated rings. The molecular formula is C17H11Cl2N5S. The fourth-order valence-corrected chi connectivity index (χ4v) is 4.01. The molecule has 0 amide bonds. The molecule has 8 heteroatoms. The Balaban J connectivity index is 2.14. The minimum absolute atomic E-state index is 0.322. The molecule has 2 N–H and O–H groups in total. The van der Waals surface area contributed by atoms with Crippen LogP contribution in [0, 0.1) is 6.92 Å². The number of pyridine rings is 2. The van der Waals surface area contributed by atoms with Crippen LogP contribution < -0.4 is 5.73 Å². The van der Waals surface area contributed by atoms with Crippen molar-refractivity contribution in [2.24, 2.45) is 0 Å². The number of nitrogens with two attached hydrogens (primary N) is 1. The number of anilines is 1. The first-order chi connectivity index (χ1) is 12.0. The summed E-state index contributed by atoms with van der Waals surface area (Å²) >= 11 is 13.7. The highest BCUT2D eigenvalue weighted by molar-refractivity contribution is 7.19. The molecule has 4 aromatic rings. The standard InChI is InChI=1S/C17H11Cl2N5S/c1-8-6-9(7-11(18)23-8)13-14(10-2-3-12(19)25-10)24-17(20)16-15(13)21-4-5-22-16/h2-7H,1H3,(H2,20,24). The monoisotopic (exact) mass is 387 g/mol. The van der Waals surface area contributed by atoms with Gasteiger partial charge < -0.3 is 5.73 Å². The van der Waals surface area contributed by atoms with E-state index >= 15 is 0 Å². The SMILES string of the molecule is Cc1cc(-c2c(-c3ccc(Cl)s3)nc(N)c3nccnc23)cc(Cl)n1. The predicted molar refractivity (Wildman–Crippen MR) is 103 cm³/mol. The van der Waals surface area contributed by atoms with Gasteiger partial charge in [0.25, 0.3) is 0 Å². The van der Waals surface area contributed by atoms with Crippen LogP contribution >= 0.6 is 34.5 Å². The number of aryl methyl sites for hydroxylation is 1. The van der Waals surface area contributed by atoms with Crippen molar-refractivity contribution in [3.8, 4) is 21.7 Å². The second-order valence-electron chi connectivity index (χ2n) is 5.40. The summed E-state index contributed by atoms with van der Waals surface area (Å²) in [5.41, 5.74) is 10.5. The molecule has 0 bridgehead atoms. The highest BCUT2D eigenvalue weighted by atomic mass is 35.5. The molecule has 0 radical (unpaired) electrons. The van der Waals surface area contributed by atoms with Crippen molar-refractivity contribution in [3.05, 3.63) is 51.8 Å². The van der Waals surface area contributed by atoms with Crippen molar-refractivity contribution < 1.29 is 0 Å². The summed E-state index contributed by atoms with van der Waals surface area (Å²) in [6, 6.07) is 7.46. The number of rotatable bonds is 2. The molecule has 0 unspecified atom stereocenters. The zero-order valence-electron chi connectivity index (χ0n) is 13.0. The van der Waals surface area contributed by atoms with E-state index in [2.05, 4.69) is 19.9 Å². The van der Waals surface area contributed by atoms with E-state index in [9.17, 15) is 0 Å². The molecule has 0 aliphatic rings. The summed E-state index contributed by atoms with van der Waals surface area (Å²) in [6.45, 7) is 1.88. The molecule has 4 heterocycles. The Morgan fingerprint density at radius 1 is 1.00 bits per heavy atom. The molecule has 0 aliphatic heterocycles. The van der Waals surface area contributed by atoms with Gasteiger partial charge in [0.05, 0.1) is 14.9 Å². The minimum atomic E-state index is 0.322. The lowest BCUT2D eigenvalue weighted by Gasteiger charge is -2.13. The third kappa shape index (κ3) is 2.93. The number of thiophene rings is 1. The maximum absolute atomic E-state index is 6.17. The maximum Gasteiger partial charge on any atom is 0.152 e. The van der Waals surface area contributed by atoms with Crippen LogP contribution in [0.15, 0.2) is 36.7 Å². The van der Waals surface area contributed by atoms with Gasteiger partial charge in [0.15, 0.2) is 5.82 Å². The van der Waals surface area contributed by atoms with Crippen molar-refractivity contribution >= 4 is 51.4 Å². The van der Waals surface area contributed by atoms with Crippen molar-refractivity contribution in [1.29, 1.82) is 0 Å². The topological polar surface area (TPSA) is 77.6 Å². The average Bonchev–Trinajstić information content (AvgIpc) is 3.00. The van der Waals surface area contributed by atoms with Gasteiger partial charge >= 0.3 is 0 Å². The number of nitrogens with zero attached hydrogens (tertiary/aromatic N) is 4. The van der Waals surface area contributed by atoms with E-state index in [4.69, 9.17) is 28.9 Å². The molecule has 25 heavy (non-hydrogen) atoms.